The number of piperazine rings is 1. The molecule has 1 unspecified atom stereocenters. The molecule has 9 heteroatoms. The van der Waals surface area contributed by atoms with Crippen LogP contribution in [0.5, 0.6) is 0 Å². The van der Waals surface area contributed by atoms with Crippen molar-refractivity contribution in [1.82, 2.24) is 19.1 Å². The lowest BCUT2D eigenvalue weighted by atomic mass is 9.93. The lowest BCUT2D eigenvalue weighted by Gasteiger charge is -2.39. The molecule has 0 N–H and O–H groups in total. The van der Waals surface area contributed by atoms with Crippen LogP contribution in [-0.2, 0) is 26.2 Å². The van der Waals surface area contributed by atoms with Gasteiger partial charge in [-0.2, -0.15) is 4.31 Å². The van der Waals surface area contributed by atoms with Gasteiger partial charge in [0.1, 0.15) is 0 Å². The summed E-state index contributed by atoms with van der Waals surface area (Å²) in [6.07, 6.45) is 1.66. The van der Waals surface area contributed by atoms with Gasteiger partial charge in [-0.15, -0.1) is 0 Å². The van der Waals surface area contributed by atoms with Gasteiger partial charge < -0.3 is 9.80 Å². The van der Waals surface area contributed by atoms with Crippen molar-refractivity contribution in [3.05, 3.63) is 29.6 Å². The van der Waals surface area contributed by atoms with Gasteiger partial charge in [0.05, 0.1) is 16.9 Å². The molecule has 27 heavy (non-hydrogen) atoms. The number of hydrogen-bond donors (Lipinski definition) is 0. The fourth-order valence-corrected chi connectivity index (χ4v) is 4.86. The summed E-state index contributed by atoms with van der Waals surface area (Å²) in [5, 5.41) is -0.474. The molecule has 148 valence electrons. The number of sulfonamides is 1. The minimum Gasteiger partial charge on any atom is -0.339 e. The smallest absolute Gasteiger partial charge is 0.233 e. The van der Waals surface area contributed by atoms with Crippen LogP contribution in [0.4, 0.5) is 0 Å². The minimum atomic E-state index is -3.31. The molecular weight excluding hydrogens is 368 g/mol. The number of carbonyl (C=O) groups excluding carboxylic acids is 2. The number of rotatable bonds is 3. The first-order valence-electron chi connectivity index (χ1n) is 9.19. The summed E-state index contributed by atoms with van der Waals surface area (Å²) in [6, 6.07) is 3.70. The average molecular weight is 394 g/mol. The molecule has 0 aromatic carbocycles. The van der Waals surface area contributed by atoms with Crippen LogP contribution in [0, 0.1) is 0 Å². The van der Waals surface area contributed by atoms with Gasteiger partial charge in [-0.05, 0) is 25.5 Å². The molecule has 2 aliphatic rings. The molecule has 0 spiro atoms. The summed E-state index contributed by atoms with van der Waals surface area (Å²) in [5.41, 5.74) is 1.61. The third-order valence-corrected chi connectivity index (χ3v) is 7.55. The highest BCUT2D eigenvalue weighted by Gasteiger charge is 2.37. The van der Waals surface area contributed by atoms with Crippen LogP contribution in [-0.4, -0.2) is 77.3 Å². The van der Waals surface area contributed by atoms with Crippen LogP contribution in [0.25, 0.3) is 0 Å². The minimum absolute atomic E-state index is 0.0739. The molecule has 0 aliphatic carbocycles. The molecule has 1 saturated heterocycles. The maximum atomic E-state index is 13.2. The van der Waals surface area contributed by atoms with E-state index in [0.29, 0.717) is 39.3 Å². The lowest BCUT2D eigenvalue weighted by Crippen LogP contribution is -2.54. The van der Waals surface area contributed by atoms with Gasteiger partial charge in [0, 0.05) is 52.4 Å². The molecule has 0 saturated carbocycles. The SMILES string of the molecule is CC(=O)N1Cc2cccnc2C(C(=O)N2CCN(S(=O)(=O)C(C)C)CC2)C1. The third-order valence-electron chi connectivity index (χ3n) is 5.27. The molecule has 1 aromatic heterocycles. The lowest BCUT2D eigenvalue weighted by molar-refractivity contribution is -0.137. The van der Waals surface area contributed by atoms with Crippen LogP contribution in [0.1, 0.15) is 37.9 Å². The summed E-state index contributed by atoms with van der Waals surface area (Å²) in [6.45, 7) is 6.88. The van der Waals surface area contributed by atoms with Crippen molar-refractivity contribution in [1.29, 1.82) is 0 Å². The molecule has 1 atom stereocenters. The molecule has 8 nitrogen and oxygen atoms in total. The molecule has 0 bridgehead atoms. The highest BCUT2D eigenvalue weighted by molar-refractivity contribution is 7.89. The largest absolute Gasteiger partial charge is 0.339 e. The summed E-state index contributed by atoms with van der Waals surface area (Å²) in [4.78, 5) is 32.8. The van der Waals surface area contributed by atoms with E-state index in [1.807, 2.05) is 6.07 Å². The van der Waals surface area contributed by atoms with E-state index in [9.17, 15) is 18.0 Å². The summed E-state index contributed by atoms with van der Waals surface area (Å²) in [7, 11) is -3.31. The van der Waals surface area contributed by atoms with Crippen LogP contribution >= 0.6 is 0 Å². The molecule has 2 amide bonds. The molecular formula is C18H26N4O4S. The average Bonchev–Trinajstić information content (AvgIpc) is 2.66. The first kappa shape index (κ1) is 19.8. The van der Waals surface area contributed by atoms with E-state index in [-0.39, 0.29) is 11.8 Å². The van der Waals surface area contributed by atoms with Gasteiger partial charge in [-0.1, -0.05) is 6.07 Å². The maximum Gasteiger partial charge on any atom is 0.233 e. The standard InChI is InChI=1S/C18H26N4O4S/c1-13(2)27(25,26)22-9-7-20(8-10-22)18(24)16-12-21(14(3)23)11-15-5-4-6-19-17(15)16/h4-6,13,16H,7-12H2,1-3H3. The van der Waals surface area contributed by atoms with E-state index in [2.05, 4.69) is 4.98 Å². The monoisotopic (exact) mass is 394 g/mol. The van der Waals surface area contributed by atoms with Gasteiger partial charge in [0.25, 0.3) is 0 Å². The second-order valence-electron chi connectivity index (χ2n) is 7.32. The summed E-state index contributed by atoms with van der Waals surface area (Å²) in [5.74, 6) is -0.676. The Balaban J connectivity index is 1.76. The Morgan fingerprint density at radius 2 is 1.81 bits per heavy atom. The van der Waals surface area contributed by atoms with Gasteiger partial charge in [-0.3, -0.25) is 14.6 Å². The van der Waals surface area contributed by atoms with E-state index in [0.717, 1.165) is 11.3 Å². The predicted octanol–water partition coefficient (Wildman–Crippen LogP) is 0.410. The summed E-state index contributed by atoms with van der Waals surface area (Å²) >= 11 is 0. The van der Waals surface area contributed by atoms with E-state index in [1.54, 1.807) is 35.9 Å². The number of hydrogen-bond acceptors (Lipinski definition) is 5. The van der Waals surface area contributed by atoms with E-state index in [1.165, 1.54) is 11.2 Å². The number of aromatic nitrogens is 1. The Morgan fingerprint density at radius 1 is 1.15 bits per heavy atom. The zero-order valence-electron chi connectivity index (χ0n) is 16.0. The fourth-order valence-electron chi connectivity index (χ4n) is 3.59. The van der Waals surface area contributed by atoms with Crippen molar-refractivity contribution in [2.24, 2.45) is 0 Å². The number of carbonyl (C=O) groups is 2. The molecule has 3 rings (SSSR count). The van der Waals surface area contributed by atoms with E-state index < -0.39 is 21.2 Å². The zero-order chi connectivity index (χ0) is 19.8. The first-order chi connectivity index (χ1) is 12.7. The predicted molar refractivity (Wildman–Crippen MR) is 100 cm³/mol. The van der Waals surface area contributed by atoms with Gasteiger partial charge in [0.2, 0.25) is 21.8 Å². The second-order valence-corrected chi connectivity index (χ2v) is 9.81. The summed E-state index contributed by atoms with van der Waals surface area (Å²) < 4.78 is 26.1. The van der Waals surface area contributed by atoms with Gasteiger partial charge in [-0.25, -0.2) is 8.42 Å². The highest BCUT2D eigenvalue weighted by atomic mass is 32.2. The van der Waals surface area contributed by atoms with E-state index in [4.69, 9.17) is 0 Å². The number of amides is 2. The normalized spacial score (nSPS) is 21.3. The molecule has 1 fully saturated rings. The van der Waals surface area contributed by atoms with Crippen LogP contribution in [0.3, 0.4) is 0 Å². The Morgan fingerprint density at radius 3 is 2.41 bits per heavy atom. The number of pyridine rings is 1. The quantitative estimate of drug-likeness (QED) is 0.741. The van der Waals surface area contributed by atoms with Crippen LogP contribution in [0.15, 0.2) is 18.3 Å². The number of nitrogens with zero attached hydrogens (tertiary/aromatic N) is 4. The highest BCUT2D eigenvalue weighted by Crippen LogP contribution is 2.28. The Bertz CT molecular complexity index is 832. The first-order valence-corrected chi connectivity index (χ1v) is 10.7. The van der Waals surface area contributed by atoms with Gasteiger partial charge >= 0.3 is 0 Å². The maximum absolute atomic E-state index is 13.2. The Labute approximate surface area is 160 Å². The molecule has 2 aliphatic heterocycles. The fraction of sp³-hybridized carbons (Fsp3) is 0.611. The van der Waals surface area contributed by atoms with Crippen molar-refractivity contribution in [3.8, 4) is 0 Å². The van der Waals surface area contributed by atoms with Crippen molar-refractivity contribution >= 4 is 21.8 Å². The van der Waals surface area contributed by atoms with Crippen molar-refractivity contribution in [2.45, 2.75) is 38.5 Å². The van der Waals surface area contributed by atoms with Crippen LogP contribution in [0.2, 0.25) is 0 Å². The van der Waals surface area contributed by atoms with E-state index >= 15 is 0 Å². The second kappa shape index (κ2) is 7.55. The Kier molecular flexibility index (Phi) is 5.53. The zero-order valence-corrected chi connectivity index (χ0v) is 16.8. The molecule has 0 radical (unpaired) electrons. The van der Waals surface area contributed by atoms with Gasteiger partial charge in [0.15, 0.2) is 0 Å². The van der Waals surface area contributed by atoms with Crippen molar-refractivity contribution in [2.75, 3.05) is 32.7 Å². The number of fused-ring (bicyclic) bond motifs is 1. The van der Waals surface area contributed by atoms with Crippen LogP contribution < -0.4 is 0 Å². The van der Waals surface area contributed by atoms with Crippen molar-refractivity contribution in [3.63, 3.8) is 0 Å². The molecule has 1 aromatic rings. The third kappa shape index (κ3) is 3.84. The van der Waals surface area contributed by atoms with Crippen molar-refractivity contribution < 1.29 is 18.0 Å². The topological polar surface area (TPSA) is 90.9 Å². The Hall–Kier alpha value is -2.00. The molecule has 3 heterocycles.